The second kappa shape index (κ2) is 7.57. The average molecular weight is 411 g/mol. The predicted octanol–water partition coefficient (Wildman–Crippen LogP) is 4.29. The van der Waals surface area contributed by atoms with E-state index >= 15 is 0 Å². The van der Waals surface area contributed by atoms with Crippen LogP contribution in [0.25, 0.3) is 17.0 Å². The molecule has 0 saturated carbocycles. The predicted molar refractivity (Wildman–Crippen MR) is 117 cm³/mol. The molecule has 31 heavy (non-hydrogen) atoms. The Hall–Kier alpha value is -4.19. The number of carbonyl (C=O) groups excluding carboxylic acids is 2. The number of carbonyl (C=O) groups is 2. The average Bonchev–Trinajstić information content (AvgIpc) is 3.28. The van der Waals surface area contributed by atoms with E-state index in [0.717, 1.165) is 16.5 Å². The summed E-state index contributed by atoms with van der Waals surface area (Å²) in [6.07, 6.45) is 3.44. The van der Waals surface area contributed by atoms with Gasteiger partial charge in [0.1, 0.15) is 11.4 Å². The number of halogens is 1. The monoisotopic (exact) mass is 411 g/mol. The molecular weight excluding hydrogens is 393 g/mol. The van der Waals surface area contributed by atoms with Crippen LogP contribution in [0.3, 0.4) is 0 Å². The number of benzene rings is 3. The molecule has 0 aliphatic carbocycles. The fraction of sp³-hybridized carbons (Fsp3) is 0.0400. The third kappa shape index (κ3) is 3.38. The van der Waals surface area contributed by atoms with Gasteiger partial charge in [-0.05, 0) is 30.3 Å². The van der Waals surface area contributed by atoms with E-state index < -0.39 is 11.8 Å². The van der Waals surface area contributed by atoms with Gasteiger partial charge in [0.15, 0.2) is 0 Å². The lowest BCUT2D eigenvalue weighted by Gasteiger charge is -2.13. The number of rotatable bonds is 4. The Bertz CT molecular complexity index is 1340. The molecular formula is C25H18FN3O2. The first-order valence-corrected chi connectivity index (χ1v) is 9.85. The number of para-hydroxylation sites is 2. The molecule has 2 heterocycles. The van der Waals surface area contributed by atoms with Crippen molar-refractivity contribution in [2.75, 3.05) is 5.01 Å². The van der Waals surface area contributed by atoms with Gasteiger partial charge in [0.2, 0.25) is 0 Å². The third-order valence-electron chi connectivity index (χ3n) is 5.32. The summed E-state index contributed by atoms with van der Waals surface area (Å²) in [5.41, 5.74) is 5.43. The van der Waals surface area contributed by atoms with E-state index in [0.29, 0.717) is 17.8 Å². The van der Waals surface area contributed by atoms with Crippen LogP contribution < -0.4 is 10.4 Å². The maximum absolute atomic E-state index is 14.2. The van der Waals surface area contributed by atoms with Crippen LogP contribution in [0.1, 0.15) is 11.1 Å². The number of nitrogens with zero attached hydrogens (tertiary/aromatic N) is 2. The summed E-state index contributed by atoms with van der Waals surface area (Å²) in [4.78, 5) is 25.5. The minimum absolute atomic E-state index is 0.0534. The maximum Gasteiger partial charge on any atom is 0.282 e. The summed E-state index contributed by atoms with van der Waals surface area (Å²) in [6.45, 7) is 0.340. The zero-order chi connectivity index (χ0) is 21.4. The number of fused-ring (bicyclic) bond motifs is 1. The molecule has 1 aromatic heterocycles. The first kappa shape index (κ1) is 18.8. The molecule has 0 radical (unpaired) electrons. The van der Waals surface area contributed by atoms with Gasteiger partial charge in [0.25, 0.3) is 11.8 Å². The molecule has 0 spiro atoms. The zero-order valence-electron chi connectivity index (χ0n) is 16.5. The van der Waals surface area contributed by atoms with Crippen LogP contribution in [0.4, 0.5) is 10.1 Å². The summed E-state index contributed by atoms with van der Waals surface area (Å²) in [5, 5.41) is 2.12. The van der Waals surface area contributed by atoms with Gasteiger partial charge in [0.05, 0.1) is 12.2 Å². The Balaban J connectivity index is 1.55. The number of hydrazine groups is 1. The number of nitrogens with one attached hydrogen (secondary N) is 1. The van der Waals surface area contributed by atoms with E-state index in [1.807, 2.05) is 41.1 Å². The molecule has 1 aliphatic heterocycles. The minimum atomic E-state index is -0.459. The number of hydrogen-bond acceptors (Lipinski definition) is 2. The van der Waals surface area contributed by atoms with E-state index in [2.05, 4.69) is 5.43 Å². The lowest BCUT2D eigenvalue weighted by molar-refractivity contribution is -0.117. The lowest BCUT2D eigenvalue weighted by Crippen LogP contribution is -2.35. The smallest absolute Gasteiger partial charge is 0.282 e. The second-order valence-electron chi connectivity index (χ2n) is 7.30. The van der Waals surface area contributed by atoms with Gasteiger partial charge in [-0.2, -0.15) is 0 Å². The molecule has 1 saturated heterocycles. The molecule has 1 N–H and O–H groups in total. The van der Waals surface area contributed by atoms with Crippen LogP contribution in [0.2, 0.25) is 0 Å². The molecule has 4 aromatic rings. The van der Waals surface area contributed by atoms with Crippen molar-refractivity contribution in [3.8, 4) is 0 Å². The highest BCUT2D eigenvalue weighted by atomic mass is 19.1. The Kier molecular flexibility index (Phi) is 4.59. The summed E-state index contributed by atoms with van der Waals surface area (Å²) < 4.78 is 16.1. The highest BCUT2D eigenvalue weighted by Gasteiger charge is 2.34. The molecule has 0 unspecified atom stereocenters. The molecule has 5 nitrogen and oxygen atoms in total. The van der Waals surface area contributed by atoms with Crippen molar-refractivity contribution >= 4 is 34.5 Å². The van der Waals surface area contributed by atoms with E-state index in [4.69, 9.17) is 0 Å². The first-order chi connectivity index (χ1) is 15.1. The van der Waals surface area contributed by atoms with Crippen LogP contribution in [0, 0.1) is 5.82 Å². The maximum atomic E-state index is 14.2. The number of amides is 2. The molecule has 5 rings (SSSR count). The van der Waals surface area contributed by atoms with E-state index in [-0.39, 0.29) is 11.4 Å². The van der Waals surface area contributed by atoms with Crippen LogP contribution >= 0.6 is 0 Å². The lowest BCUT2D eigenvalue weighted by atomic mass is 10.1. The Labute approximate surface area is 178 Å². The standard InChI is InChI=1S/C25H18FN3O2/c26-22-12-6-4-8-17(22)15-28-16-18(20-11-5-7-13-23(20)28)14-21-24(30)27-29(25(21)31)19-9-2-1-3-10-19/h1-14,16H,15H2,(H,27,30)/b21-14-. The number of anilines is 1. The van der Waals surface area contributed by atoms with Gasteiger partial charge >= 0.3 is 0 Å². The van der Waals surface area contributed by atoms with Crippen LogP contribution in [-0.2, 0) is 16.1 Å². The van der Waals surface area contributed by atoms with Crippen molar-refractivity contribution in [2.45, 2.75) is 6.54 Å². The summed E-state index contributed by atoms with van der Waals surface area (Å²) >= 11 is 0. The topological polar surface area (TPSA) is 54.3 Å². The number of hydrogen-bond donors (Lipinski definition) is 1. The van der Waals surface area contributed by atoms with Gasteiger partial charge in [0, 0.05) is 28.2 Å². The van der Waals surface area contributed by atoms with Crippen LogP contribution in [-0.4, -0.2) is 16.4 Å². The van der Waals surface area contributed by atoms with Crippen LogP contribution in [0.15, 0.2) is 90.6 Å². The zero-order valence-corrected chi connectivity index (χ0v) is 16.5. The second-order valence-corrected chi connectivity index (χ2v) is 7.30. The Morgan fingerprint density at radius 1 is 0.871 bits per heavy atom. The fourth-order valence-electron chi connectivity index (χ4n) is 3.80. The SMILES string of the molecule is O=C1NN(c2ccccc2)C(=O)/C1=C\c1cn(Cc2ccccc2F)c2ccccc12. The summed E-state index contributed by atoms with van der Waals surface area (Å²) in [7, 11) is 0. The fourth-order valence-corrected chi connectivity index (χ4v) is 3.80. The largest absolute Gasteiger partial charge is 0.342 e. The molecule has 2 amide bonds. The van der Waals surface area contributed by atoms with Gasteiger partial charge in [-0.25, -0.2) is 9.40 Å². The molecule has 1 fully saturated rings. The quantitative estimate of drug-likeness (QED) is 0.402. The molecule has 6 heteroatoms. The van der Waals surface area contributed by atoms with Crippen molar-refractivity contribution in [1.29, 1.82) is 0 Å². The van der Waals surface area contributed by atoms with Gasteiger partial charge in [-0.3, -0.25) is 15.0 Å². The van der Waals surface area contributed by atoms with E-state index in [9.17, 15) is 14.0 Å². The Morgan fingerprint density at radius 2 is 1.58 bits per heavy atom. The molecule has 152 valence electrons. The highest BCUT2D eigenvalue weighted by Crippen LogP contribution is 2.27. The van der Waals surface area contributed by atoms with Crippen LogP contribution in [0.5, 0.6) is 0 Å². The van der Waals surface area contributed by atoms with Crippen molar-refractivity contribution in [1.82, 2.24) is 9.99 Å². The molecule has 3 aromatic carbocycles. The highest BCUT2D eigenvalue weighted by molar-refractivity contribution is 6.32. The van der Waals surface area contributed by atoms with E-state index in [1.165, 1.54) is 11.1 Å². The first-order valence-electron chi connectivity index (χ1n) is 9.85. The van der Waals surface area contributed by atoms with Crippen molar-refractivity contribution in [2.24, 2.45) is 0 Å². The Morgan fingerprint density at radius 3 is 2.39 bits per heavy atom. The summed E-state index contributed by atoms with van der Waals surface area (Å²) in [5.74, 6) is -1.15. The molecule has 0 atom stereocenters. The molecule has 0 bridgehead atoms. The summed E-state index contributed by atoms with van der Waals surface area (Å²) in [6, 6.07) is 23.2. The third-order valence-corrected chi connectivity index (χ3v) is 5.32. The van der Waals surface area contributed by atoms with Gasteiger partial charge in [-0.1, -0.05) is 54.6 Å². The van der Waals surface area contributed by atoms with Crippen molar-refractivity contribution < 1.29 is 14.0 Å². The van der Waals surface area contributed by atoms with Gasteiger partial charge in [-0.15, -0.1) is 0 Å². The van der Waals surface area contributed by atoms with Crippen molar-refractivity contribution in [3.63, 3.8) is 0 Å². The molecule has 1 aliphatic rings. The van der Waals surface area contributed by atoms with E-state index in [1.54, 1.807) is 48.5 Å². The minimum Gasteiger partial charge on any atom is -0.342 e. The normalized spacial score (nSPS) is 15.1. The number of aromatic nitrogens is 1. The van der Waals surface area contributed by atoms with Crippen molar-refractivity contribution in [3.05, 3.63) is 108 Å². The van der Waals surface area contributed by atoms with Gasteiger partial charge < -0.3 is 4.57 Å².